The van der Waals surface area contributed by atoms with Gasteiger partial charge in [-0.05, 0) is 56.9 Å². The van der Waals surface area contributed by atoms with Gasteiger partial charge in [-0.3, -0.25) is 0 Å². The smallest absolute Gasteiger partial charge is 0.0465 e. The minimum absolute atomic E-state index is 1.19. The third-order valence-electron chi connectivity index (χ3n) is 5.59. The van der Waals surface area contributed by atoms with Gasteiger partial charge in [-0.25, -0.2) is 0 Å². The number of aromatic amines is 1. The number of para-hydroxylation sites is 1. The van der Waals surface area contributed by atoms with Crippen molar-refractivity contribution in [2.24, 2.45) is 0 Å². The highest BCUT2D eigenvalue weighted by atomic mass is 14.7. The highest BCUT2D eigenvalue weighted by molar-refractivity contribution is 6.15. The van der Waals surface area contributed by atoms with E-state index in [0.29, 0.717) is 0 Å². The van der Waals surface area contributed by atoms with Crippen molar-refractivity contribution in [2.45, 2.75) is 13.8 Å². The Morgan fingerprint density at radius 1 is 0.483 bits per heavy atom. The fourth-order valence-electron chi connectivity index (χ4n) is 4.31. The zero-order valence-electron chi connectivity index (χ0n) is 16.7. The molecule has 1 aromatic heterocycles. The van der Waals surface area contributed by atoms with Crippen molar-refractivity contribution in [1.82, 2.24) is 4.98 Å². The fraction of sp³-hybridized carbons (Fsp3) is 0.0714. The van der Waals surface area contributed by atoms with Crippen LogP contribution in [-0.4, -0.2) is 4.98 Å². The third kappa shape index (κ3) is 2.78. The van der Waals surface area contributed by atoms with Gasteiger partial charge in [0.15, 0.2) is 0 Å². The highest BCUT2D eigenvalue weighted by Crippen LogP contribution is 2.37. The van der Waals surface area contributed by atoms with Crippen LogP contribution in [0.4, 0.5) is 0 Å². The molecule has 1 heteroatoms. The zero-order valence-corrected chi connectivity index (χ0v) is 16.7. The van der Waals surface area contributed by atoms with Crippen LogP contribution < -0.4 is 0 Å². The molecule has 0 amide bonds. The van der Waals surface area contributed by atoms with Crippen LogP contribution in [0.25, 0.3) is 54.5 Å². The molecule has 1 nitrogen and oxygen atoms in total. The molecule has 140 valence electrons. The molecule has 6 aromatic rings. The van der Waals surface area contributed by atoms with E-state index < -0.39 is 0 Å². The Morgan fingerprint density at radius 3 is 1.93 bits per heavy atom. The van der Waals surface area contributed by atoms with Gasteiger partial charge < -0.3 is 4.98 Å². The molecule has 0 fully saturated rings. The first-order valence-electron chi connectivity index (χ1n) is 10.3. The van der Waals surface area contributed by atoms with Crippen LogP contribution in [0.5, 0.6) is 0 Å². The molecule has 0 unspecified atom stereocenters. The van der Waals surface area contributed by atoms with Gasteiger partial charge in [0.25, 0.3) is 0 Å². The van der Waals surface area contributed by atoms with Crippen LogP contribution in [0.3, 0.4) is 0 Å². The van der Waals surface area contributed by atoms with Crippen molar-refractivity contribution in [2.75, 3.05) is 0 Å². The maximum atomic E-state index is 3.52. The normalized spacial score (nSPS) is 11.1. The minimum Gasteiger partial charge on any atom is -0.355 e. The lowest BCUT2D eigenvalue weighted by atomic mass is 9.93. The van der Waals surface area contributed by atoms with Gasteiger partial charge in [-0.1, -0.05) is 86.6 Å². The molecule has 0 spiro atoms. The Balaban J connectivity index is 0.000000882. The van der Waals surface area contributed by atoms with Crippen molar-refractivity contribution in [3.05, 3.63) is 97.1 Å². The molecule has 6 rings (SSSR count). The van der Waals surface area contributed by atoms with Crippen LogP contribution in [0.15, 0.2) is 97.1 Å². The summed E-state index contributed by atoms with van der Waals surface area (Å²) in [5.41, 5.74) is 4.92. The van der Waals surface area contributed by atoms with Crippen LogP contribution >= 0.6 is 0 Å². The maximum Gasteiger partial charge on any atom is 0.0465 e. The number of H-pyrrole nitrogens is 1. The Kier molecular flexibility index (Phi) is 4.29. The van der Waals surface area contributed by atoms with E-state index in [-0.39, 0.29) is 0 Å². The van der Waals surface area contributed by atoms with E-state index in [1.54, 1.807) is 0 Å². The number of nitrogens with one attached hydrogen (secondary N) is 1. The first-order valence-corrected chi connectivity index (χ1v) is 10.3. The van der Waals surface area contributed by atoms with E-state index in [0.717, 1.165) is 0 Å². The zero-order chi connectivity index (χ0) is 19.8. The summed E-state index contributed by atoms with van der Waals surface area (Å²) < 4.78 is 0. The highest BCUT2D eigenvalue weighted by Gasteiger charge is 2.10. The summed E-state index contributed by atoms with van der Waals surface area (Å²) in [6, 6.07) is 35.0. The third-order valence-corrected chi connectivity index (χ3v) is 5.59. The van der Waals surface area contributed by atoms with Crippen LogP contribution in [0.1, 0.15) is 13.8 Å². The first-order chi connectivity index (χ1) is 14.4. The van der Waals surface area contributed by atoms with E-state index >= 15 is 0 Å². The number of hydrogen-bond donors (Lipinski definition) is 1. The van der Waals surface area contributed by atoms with Crippen LogP contribution in [0, 0.1) is 0 Å². The van der Waals surface area contributed by atoms with Gasteiger partial charge in [-0.15, -0.1) is 0 Å². The van der Waals surface area contributed by atoms with Gasteiger partial charge in [-0.2, -0.15) is 0 Å². The Bertz CT molecular complexity index is 1470. The molecule has 5 aromatic carbocycles. The van der Waals surface area contributed by atoms with Gasteiger partial charge in [0.05, 0.1) is 0 Å². The number of rotatable bonds is 1. The predicted octanol–water partition coefficient (Wildman–Crippen LogP) is 8.32. The van der Waals surface area contributed by atoms with E-state index in [1.165, 1.54) is 54.5 Å². The first kappa shape index (κ1) is 17.5. The van der Waals surface area contributed by atoms with Gasteiger partial charge in [0.1, 0.15) is 0 Å². The van der Waals surface area contributed by atoms with E-state index in [9.17, 15) is 0 Å². The van der Waals surface area contributed by atoms with E-state index in [4.69, 9.17) is 0 Å². The molecule has 29 heavy (non-hydrogen) atoms. The topological polar surface area (TPSA) is 15.8 Å². The molecular weight excluding hydrogens is 350 g/mol. The fourth-order valence-corrected chi connectivity index (χ4v) is 4.31. The molecule has 0 aliphatic rings. The van der Waals surface area contributed by atoms with Crippen molar-refractivity contribution in [1.29, 1.82) is 0 Å². The predicted molar refractivity (Wildman–Crippen MR) is 128 cm³/mol. The van der Waals surface area contributed by atoms with Crippen LogP contribution in [-0.2, 0) is 0 Å². The summed E-state index contributed by atoms with van der Waals surface area (Å²) in [5.74, 6) is 0. The lowest BCUT2D eigenvalue weighted by Crippen LogP contribution is -1.84. The maximum absolute atomic E-state index is 3.52. The molecule has 0 aliphatic carbocycles. The summed E-state index contributed by atoms with van der Waals surface area (Å²) in [6.45, 7) is 4.00. The molecule has 1 heterocycles. The quantitative estimate of drug-likeness (QED) is 0.279. The molecule has 0 radical (unpaired) electrons. The standard InChI is InChI=1S/C26H17N.C2H6/c1-2-8-19-17(7-1)15-23(21-10-4-3-9-20(19)21)18-13-14-26-24(16-18)22-11-5-6-12-25(22)27-26;1-2/h1-16,27H;1-2H3. The molecule has 0 atom stereocenters. The number of fused-ring (bicyclic) bond motifs is 6. The summed E-state index contributed by atoms with van der Waals surface area (Å²) >= 11 is 0. The summed E-state index contributed by atoms with van der Waals surface area (Å²) in [5, 5.41) is 7.76. The van der Waals surface area contributed by atoms with E-state index in [1.807, 2.05) is 13.8 Å². The SMILES string of the molecule is CC.c1ccc2c(c1)cc(-c1ccc3[nH]c4ccccc4c3c1)c1ccccc12. The van der Waals surface area contributed by atoms with Gasteiger partial charge in [0, 0.05) is 21.8 Å². The lowest BCUT2D eigenvalue weighted by molar-refractivity contribution is 1.50. The monoisotopic (exact) mass is 373 g/mol. The summed E-state index contributed by atoms with van der Waals surface area (Å²) in [6.07, 6.45) is 0. The van der Waals surface area contributed by atoms with Crippen molar-refractivity contribution >= 4 is 43.4 Å². The van der Waals surface area contributed by atoms with E-state index in [2.05, 4.69) is 102 Å². The molecule has 0 bridgehead atoms. The Labute approximate surface area is 170 Å². The Morgan fingerprint density at radius 2 is 1.10 bits per heavy atom. The average molecular weight is 373 g/mol. The second-order valence-corrected chi connectivity index (χ2v) is 7.12. The minimum atomic E-state index is 1.19. The van der Waals surface area contributed by atoms with Crippen molar-refractivity contribution < 1.29 is 0 Å². The largest absolute Gasteiger partial charge is 0.355 e. The second-order valence-electron chi connectivity index (χ2n) is 7.12. The van der Waals surface area contributed by atoms with Crippen molar-refractivity contribution in [3.63, 3.8) is 0 Å². The molecule has 0 saturated carbocycles. The molecule has 0 saturated heterocycles. The molecule has 1 N–H and O–H groups in total. The second kappa shape index (κ2) is 7.10. The number of aromatic nitrogens is 1. The number of benzene rings is 5. The number of hydrogen-bond acceptors (Lipinski definition) is 0. The van der Waals surface area contributed by atoms with Gasteiger partial charge >= 0.3 is 0 Å². The summed E-state index contributed by atoms with van der Waals surface area (Å²) in [7, 11) is 0. The average Bonchev–Trinajstić information content (AvgIpc) is 3.18. The lowest BCUT2D eigenvalue weighted by Gasteiger charge is -2.11. The van der Waals surface area contributed by atoms with Crippen molar-refractivity contribution in [3.8, 4) is 11.1 Å². The summed E-state index contributed by atoms with van der Waals surface area (Å²) in [4.78, 5) is 3.52. The van der Waals surface area contributed by atoms with Gasteiger partial charge in [0.2, 0.25) is 0 Å². The molecule has 0 aliphatic heterocycles. The Hall–Kier alpha value is -3.58. The molecular formula is C28H23N. The van der Waals surface area contributed by atoms with Crippen LogP contribution in [0.2, 0.25) is 0 Å².